The zero-order valence-electron chi connectivity index (χ0n) is 11.0. The Hall–Kier alpha value is -2.93. The van der Waals surface area contributed by atoms with Gasteiger partial charge in [0.05, 0.1) is 17.1 Å². The normalized spacial score (nSPS) is 10.2. The number of anilines is 2. The van der Waals surface area contributed by atoms with Crippen molar-refractivity contribution < 1.29 is 0 Å². The highest BCUT2D eigenvalue weighted by molar-refractivity contribution is 5.83. The third-order valence-electron chi connectivity index (χ3n) is 2.96. The summed E-state index contributed by atoms with van der Waals surface area (Å²) in [7, 11) is 0. The molecule has 4 heteroatoms. The summed E-state index contributed by atoms with van der Waals surface area (Å²) in [4.78, 5) is 8.66. The van der Waals surface area contributed by atoms with Gasteiger partial charge in [-0.3, -0.25) is 4.98 Å². The third kappa shape index (κ3) is 2.43. The Morgan fingerprint density at radius 2 is 2.05 bits per heavy atom. The number of nitrogens with one attached hydrogen (secondary N) is 1. The van der Waals surface area contributed by atoms with E-state index >= 15 is 0 Å². The monoisotopic (exact) mass is 260 g/mol. The van der Waals surface area contributed by atoms with E-state index in [-0.39, 0.29) is 0 Å². The van der Waals surface area contributed by atoms with E-state index < -0.39 is 0 Å². The summed E-state index contributed by atoms with van der Waals surface area (Å²) in [6.45, 7) is 1.87. The lowest BCUT2D eigenvalue weighted by Crippen LogP contribution is -1.96. The fraction of sp³-hybridized carbons (Fsp3) is 0.0625. The average Bonchev–Trinajstić information content (AvgIpc) is 2.46. The minimum absolute atomic E-state index is 0.599. The van der Waals surface area contributed by atoms with Crippen LogP contribution in [-0.2, 0) is 0 Å². The smallest absolute Gasteiger partial charge is 0.131 e. The van der Waals surface area contributed by atoms with Crippen LogP contribution in [0.1, 0.15) is 11.3 Å². The third-order valence-corrected chi connectivity index (χ3v) is 2.96. The lowest BCUT2D eigenvalue weighted by molar-refractivity contribution is 1.19. The van der Waals surface area contributed by atoms with Crippen LogP contribution in [0.4, 0.5) is 11.5 Å². The molecule has 2 aromatic heterocycles. The Bertz CT molecular complexity index is 818. The van der Waals surface area contributed by atoms with Crippen molar-refractivity contribution >= 4 is 22.4 Å². The molecule has 0 fully saturated rings. The first kappa shape index (κ1) is 12.1. The van der Waals surface area contributed by atoms with Crippen LogP contribution < -0.4 is 5.32 Å². The maximum atomic E-state index is 8.98. The molecule has 0 saturated heterocycles. The van der Waals surface area contributed by atoms with E-state index in [1.807, 2.05) is 37.3 Å². The molecule has 0 aliphatic carbocycles. The fourth-order valence-electron chi connectivity index (χ4n) is 2.10. The minimum atomic E-state index is 0.599. The summed E-state index contributed by atoms with van der Waals surface area (Å²) >= 11 is 0. The van der Waals surface area contributed by atoms with Gasteiger partial charge in [-0.05, 0) is 43.3 Å². The molecule has 20 heavy (non-hydrogen) atoms. The van der Waals surface area contributed by atoms with Crippen molar-refractivity contribution in [2.24, 2.45) is 0 Å². The Morgan fingerprint density at radius 3 is 2.90 bits per heavy atom. The Morgan fingerprint density at radius 1 is 1.15 bits per heavy atom. The number of hydrogen-bond acceptors (Lipinski definition) is 4. The van der Waals surface area contributed by atoms with Crippen LogP contribution >= 0.6 is 0 Å². The second-order valence-corrected chi connectivity index (χ2v) is 4.53. The van der Waals surface area contributed by atoms with Crippen molar-refractivity contribution in [1.29, 1.82) is 5.26 Å². The highest BCUT2D eigenvalue weighted by atomic mass is 15.0. The molecule has 0 bridgehead atoms. The van der Waals surface area contributed by atoms with Gasteiger partial charge < -0.3 is 5.32 Å². The Balaban J connectivity index is 1.97. The zero-order valence-corrected chi connectivity index (χ0v) is 11.0. The molecule has 0 aliphatic rings. The molecule has 0 spiro atoms. The SMILES string of the molecule is Cc1cc(C#N)cc(Nc2ccc3ncccc3c2)n1. The van der Waals surface area contributed by atoms with Crippen LogP contribution in [-0.4, -0.2) is 9.97 Å². The lowest BCUT2D eigenvalue weighted by atomic mass is 10.2. The summed E-state index contributed by atoms with van der Waals surface area (Å²) in [5, 5.41) is 13.3. The molecular weight excluding hydrogens is 248 g/mol. The molecule has 2 heterocycles. The van der Waals surface area contributed by atoms with Gasteiger partial charge in [0.2, 0.25) is 0 Å². The van der Waals surface area contributed by atoms with Crippen molar-refractivity contribution in [3.05, 3.63) is 59.9 Å². The molecule has 4 nitrogen and oxygen atoms in total. The maximum Gasteiger partial charge on any atom is 0.131 e. The number of aromatic nitrogens is 2. The van der Waals surface area contributed by atoms with Crippen molar-refractivity contribution in [1.82, 2.24) is 9.97 Å². The van der Waals surface area contributed by atoms with E-state index in [9.17, 15) is 0 Å². The second-order valence-electron chi connectivity index (χ2n) is 4.53. The summed E-state index contributed by atoms with van der Waals surface area (Å²) in [6, 6.07) is 15.5. The van der Waals surface area contributed by atoms with Crippen molar-refractivity contribution in [3.63, 3.8) is 0 Å². The molecule has 0 saturated carbocycles. The van der Waals surface area contributed by atoms with Crippen LogP contribution in [0.25, 0.3) is 10.9 Å². The molecule has 3 rings (SSSR count). The summed E-state index contributed by atoms with van der Waals surface area (Å²) in [6.07, 6.45) is 1.77. The molecule has 0 unspecified atom stereocenters. The van der Waals surface area contributed by atoms with Crippen LogP contribution in [0.2, 0.25) is 0 Å². The highest BCUT2D eigenvalue weighted by Gasteiger charge is 2.02. The van der Waals surface area contributed by atoms with Gasteiger partial charge in [-0.15, -0.1) is 0 Å². The van der Waals surface area contributed by atoms with Gasteiger partial charge in [-0.2, -0.15) is 5.26 Å². The number of fused-ring (bicyclic) bond motifs is 1. The number of benzene rings is 1. The summed E-state index contributed by atoms with van der Waals surface area (Å²) < 4.78 is 0. The van der Waals surface area contributed by atoms with Crippen molar-refractivity contribution in [2.75, 3.05) is 5.32 Å². The zero-order chi connectivity index (χ0) is 13.9. The van der Waals surface area contributed by atoms with E-state index in [1.54, 1.807) is 18.3 Å². The first-order valence-electron chi connectivity index (χ1n) is 6.25. The van der Waals surface area contributed by atoms with E-state index in [2.05, 4.69) is 21.4 Å². The largest absolute Gasteiger partial charge is 0.340 e. The molecule has 96 valence electrons. The van der Waals surface area contributed by atoms with Gasteiger partial charge in [0.15, 0.2) is 0 Å². The van der Waals surface area contributed by atoms with Gasteiger partial charge >= 0.3 is 0 Å². The van der Waals surface area contributed by atoms with Crippen LogP contribution in [0.3, 0.4) is 0 Å². The predicted octanol–water partition coefficient (Wildman–Crippen LogP) is 3.55. The van der Waals surface area contributed by atoms with Gasteiger partial charge in [0, 0.05) is 23.0 Å². The van der Waals surface area contributed by atoms with Gasteiger partial charge in [-0.1, -0.05) is 6.07 Å². The topological polar surface area (TPSA) is 61.6 Å². The minimum Gasteiger partial charge on any atom is -0.340 e. The van der Waals surface area contributed by atoms with E-state index in [1.165, 1.54) is 0 Å². The molecule has 1 aromatic carbocycles. The average molecular weight is 260 g/mol. The van der Waals surface area contributed by atoms with Crippen LogP contribution in [0.5, 0.6) is 0 Å². The lowest BCUT2D eigenvalue weighted by Gasteiger charge is -2.08. The van der Waals surface area contributed by atoms with Crippen LogP contribution in [0.15, 0.2) is 48.7 Å². The molecule has 1 N–H and O–H groups in total. The molecule has 0 amide bonds. The first-order valence-corrected chi connectivity index (χ1v) is 6.25. The van der Waals surface area contributed by atoms with E-state index in [0.29, 0.717) is 11.4 Å². The number of pyridine rings is 2. The van der Waals surface area contributed by atoms with Crippen molar-refractivity contribution in [2.45, 2.75) is 6.92 Å². The standard InChI is InChI=1S/C16H12N4/c1-11-7-12(10-17)8-16(19-11)20-14-4-5-15-13(9-14)3-2-6-18-15/h2-9H,1H3,(H,19,20). The summed E-state index contributed by atoms with van der Waals surface area (Å²) in [5.41, 5.74) is 3.29. The van der Waals surface area contributed by atoms with E-state index in [0.717, 1.165) is 22.3 Å². The van der Waals surface area contributed by atoms with Crippen LogP contribution in [0, 0.1) is 18.3 Å². The maximum absolute atomic E-state index is 8.98. The molecule has 0 atom stereocenters. The van der Waals surface area contributed by atoms with Gasteiger partial charge in [0.1, 0.15) is 5.82 Å². The summed E-state index contributed by atoms with van der Waals surface area (Å²) in [5.74, 6) is 0.671. The number of nitrogens with zero attached hydrogens (tertiary/aromatic N) is 3. The molecule has 0 radical (unpaired) electrons. The van der Waals surface area contributed by atoms with Gasteiger partial charge in [-0.25, -0.2) is 4.98 Å². The molecule has 3 aromatic rings. The number of nitriles is 1. The molecule has 0 aliphatic heterocycles. The second kappa shape index (κ2) is 4.98. The fourth-order valence-corrected chi connectivity index (χ4v) is 2.10. The Labute approximate surface area is 116 Å². The number of rotatable bonds is 2. The van der Waals surface area contributed by atoms with E-state index in [4.69, 9.17) is 5.26 Å². The number of hydrogen-bond donors (Lipinski definition) is 1. The Kier molecular flexibility index (Phi) is 3.02. The quantitative estimate of drug-likeness (QED) is 0.765. The highest BCUT2D eigenvalue weighted by Crippen LogP contribution is 2.21. The van der Waals surface area contributed by atoms with Gasteiger partial charge in [0.25, 0.3) is 0 Å². The first-order chi connectivity index (χ1) is 9.74. The number of aryl methyl sites for hydroxylation is 1. The van der Waals surface area contributed by atoms with Crippen molar-refractivity contribution in [3.8, 4) is 6.07 Å². The predicted molar refractivity (Wildman–Crippen MR) is 78.7 cm³/mol. The molecular formula is C16H12N4.